The molecule has 1 heterocycles. The van der Waals surface area contributed by atoms with Gasteiger partial charge in [-0.05, 0) is 18.8 Å². The van der Waals surface area contributed by atoms with Gasteiger partial charge in [0.05, 0.1) is 19.8 Å². The molecule has 124 valence electrons. The molecule has 1 unspecified atom stereocenters. The summed E-state index contributed by atoms with van der Waals surface area (Å²) in [6, 6.07) is 0.622. The van der Waals surface area contributed by atoms with Gasteiger partial charge in [0, 0.05) is 38.3 Å². The van der Waals surface area contributed by atoms with E-state index in [9.17, 15) is 0 Å². The molecule has 4 heteroatoms. The van der Waals surface area contributed by atoms with Crippen LogP contribution in [-0.4, -0.2) is 63.0 Å². The topological polar surface area (TPSA) is 33.7 Å². The van der Waals surface area contributed by atoms with Crippen molar-refractivity contribution in [3.63, 3.8) is 0 Å². The summed E-state index contributed by atoms with van der Waals surface area (Å²) < 4.78 is 10.8. The predicted octanol–water partition coefficient (Wildman–Crippen LogP) is 2.28. The number of rotatable bonds is 7. The molecule has 0 amide bonds. The van der Waals surface area contributed by atoms with Gasteiger partial charge < -0.3 is 14.8 Å². The van der Waals surface area contributed by atoms with Gasteiger partial charge in [-0.1, -0.05) is 33.1 Å². The highest BCUT2D eigenvalue weighted by Crippen LogP contribution is 2.35. The lowest BCUT2D eigenvalue weighted by Gasteiger charge is -2.53. The molecule has 1 atom stereocenters. The van der Waals surface area contributed by atoms with Crippen LogP contribution in [0.3, 0.4) is 0 Å². The van der Waals surface area contributed by atoms with Gasteiger partial charge >= 0.3 is 0 Å². The molecule has 0 bridgehead atoms. The summed E-state index contributed by atoms with van der Waals surface area (Å²) in [6.07, 6.45) is 6.88. The maximum Gasteiger partial charge on any atom is 0.0700 e. The molecule has 1 N–H and O–H groups in total. The number of hydrogen-bond donors (Lipinski definition) is 1. The Bertz CT molecular complexity index is 291. The van der Waals surface area contributed by atoms with E-state index in [1.807, 2.05) is 0 Å². The van der Waals surface area contributed by atoms with Gasteiger partial charge in [0.25, 0.3) is 0 Å². The standard InChI is InChI=1S/C17H34N2O2/c1-15(2)16-13-19(9-10-21-12-11-20-3)17(14-18-16)7-5-4-6-8-17/h15-16,18H,4-14H2,1-3H3. The SMILES string of the molecule is COCCOCCN1CC(C(C)C)NCC12CCCCC2. The van der Waals surface area contributed by atoms with Crippen LogP contribution in [0, 0.1) is 5.92 Å². The molecule has 1 aliphatic carbocycles. The van der Waals surface area contributed by atoms with Crippen molar-refractivity contribution in [1.82, 2.24) is 10.2 Å². The van der Waals surface area contributed by atoms with Crippen molar-refractivity contribution in [2.45, 2.75) is 57.5 Å². The van der Waals surface area contributed by atoms with Gasteiger partial charge in [0.1, 0.15) is 0 Å². The molecule has 0 aromatic heterocycles. The van der Waals surface area contributed by atoms with Crippen LogP contribution in [0.2, 0.25) is 0 Å². The Kier molecular flexibility index (Phi) is 6.93. The van der Waals surface area contributed by atoms with Crippen molar-refractivity contribution in [2.75, 3.05) is 46.6 Å². The van der Waals surface area contributed by atoms with Gasteiger partial charge in [0.15, 0.2) is 0 Å². The van der Waals surface area contributed by atoms with Crippen LogP contribution >= 0.6 is 0 Å². The van der Waals surface area contributed by atoms with E-state index in [-0.39, 0.29) is 0 Å². The summed E-state index contributed by atoms with van der Waals surface area (Å²) in [6.45, 7) is 10.3. The smallest absolute Gasteiger partial charge is 0.0700 e. The Morgan fingerprint density at radius 1 is 1.14 bits per heavy atom. The monoisotopic (exact) mass is 298 g/mol. The summed E-state index contributed by atoms with van der Waals surface area (Å²) in [5.74, 6) is 0.697. The average Bonchev–Trinajstić information content (AvgIpc) is 2.49. The maximum atomic E-state index is 5.72. The fourth-order valence-electron chi connectivity index (χ4n) is 3.83. The lowest BCUT2D eigenvalue weighted by Crippen LogP contribution is -2.66. The van der Waals surface area contributed by atoms with E-state index in [4.69, 9.17) is 9.47 Å². The Labute approximate surface area is 130 Å². The van der Waals surface area contributed by atoms with E-state index in [1.54, 1.807) is 7.11 Å². The highest BCUT2D eigenvalue weighted by Gasteiger charge is 2.42. The summed E-state index contributed by atoms with van der Waals surface area (Å²) in [5.41, 5.74) is 0.397. The van der Waals surface area contributed by atoms with E-state index in [0.717, 1.165) is 19.7 Å². The second-order valence-electron chi connectivity index (χ2n) is 7.07. The third-order valence-corrected chi connectivity index (χ3v) is 5.31. The second kappa shape index (κ2) is 8.47. The molecule has 1 aliphatic heterocycles. The van der Waals surface area contributed by atoms with Crippen LogP contribution in [0.1, 0.15) is 46.0 Å². The first-order valence-corrected chi connectivity index (χ1v) is 8.73. The summed E-state index contributed by atoms with van der Waals surface area (Å²) >= 11 is 0. The van der Waals surface area contributed by atoms with E-state index in [2.05, 4.69) is 24.1 Å². The zero-order chi connectivity index (χ0) is 15.1. The number of nitrogens with one attached hydrogen (secondary N) is 1. The summed E-state index contributed by atoms with van der Waals surface area (Å²) in [5, 5.41) is 3.82. The van der Waals surface area contributed by atoms with Gasteiger partial charge in [-0.25, -0.2) is 0 Å². The van der Waals surface area contributed by atoms with E-state index >= 15 is 0 Å². The number of piperazine rings is 1. The van der Waals surface area contributed by atoms with Gasteiger partial charge in [0.2, 0.25) is 0 Å². The minimum atomic E-state index is 0.397. The third kappa shape index (κ3) is 4.65. The fourth-order valence-corrected chi connectivity index (χ4v) is 3.83. The molecule has 4 nitrogen and oxygen atoms in total. The van der Waals surface area contributed by atoms with E-state index < -0.39 is 0 Å². The van der Waals surface area contributed by atoms with E-state index in [0.29, 0.717) is 30.7 Å². The van der Waals surface area contributed by atoms with Crippen LogP contribution in [0.4, 0.5) is 0 Å². The Hall–Kier alpha value is -0.160. The van der Waals surface area contributed by atoms with Gasteiger partial charge in [-0.15, -0.1) is 0 Å². The number of ether oxygens (including phenoxy) is 2. The van der Waals surface area contributed by atoms with Crippen LogP contribution in [0.25, 0.3) is 0 Å². The first kappa shape index (κ1) is 17.2. The summed E-state index contributed by atoms with van der Waals surface area (Å²) in [4.78, 5) is 2.74. The van der Waals surface area contributed by atoms with Crippen molar-refractivity contribution < 1.29 is 9.47 Å². The predicted molar refractivity (Wildman–Crippen MR) is 86.7 cm³/mol. The molecule has 0 aromatic rings. The van der Waals surface area contributed by atoms with Crippen LogP contribution < -0.4 is 5.32 Å². The van der Waals surface area contributed by atoms with Crippen molar-refractivity contribution in [2.24, 2.45) is 5.92 Å². The molecular weight excluding hydrogens is 264 g/mol. The number of hydrogen-bond acceptors (Lipinski definition) is 4. The van der Waals surface area contributed by atoms with Crippen LogP contribution in [-0.2, 0) is 9.47 Å². The number of nitrogens with zero attached hydrogens (tertiary/aromatic N) is 1. The number of methoxy groups -OCH3 is 1. The van der Waals surface area contributed by atoms with Crippen LogP contribution in [0.5, 0.6) is 0 Å². The Morgan fingerprint density at radius 2 is 1.90 bits per heavy atom. The second-order valence-corrected chi connectivity index (χ2v) is 7.07. The van der Waals surface area contributed by atoms with Crippen molar-refractivity contribution >= 4 is 0 Å². The fraction of sp³-hybridized carbons (Fsp3) is 1.00. The normalized spacial score (nSPS) is 26.6. The molecule has 2 fully saturated rings. The van der Waals surface area contributed by atoms with Gasteiger partial charge in [-0.3, -0.25) is 4.90 Å². The molecule has 2 aliphatic rings. The summed E-state index contributed by atoms with van der Waals surface area (Å²) in [7, 11) is 1.73. The lowest BCUT2D eigenvalue weighted by molar-refractivity contribution is -0.0222. The van der Waals surface area contributed by atoms with Crippen molar-refractivity contribution in [3.05, 3.63) is 0 Å². The molecule has 1 spiro atoms. The highest BCUT2D eigenvalue weighted by atomic mass is 16.5. The zero-order valence-corrected chi connectivity index (χ0v) is 14.2. The largest absolute Gasteiger partial charge is 0.382 e. The van der Waals surface area contributed by atoms with Crippen LogP contribution in [0.15, 0.2) is 0 Å². The third-order valence-electron chi connectivity index (χ3n) is 5.31. The minimum Gasteiger partial charge on any atom is -0.382 e. The van der Waals surface area contributed by atoms with Crippen molar-refractivity contribution in [3.8, 4) is 0 Å². The molecule has 0 radical (unpaired) electrons. The van der Waals surface area contributed by atoms with Gasteiger partial charge in [-0.2, -0.15) is 0 Å². The molecule has 1 saturated carbocycles. The Morgan fingerprint density at radius 3 is 2.57 bits per heavy atom. The molecule has 2 rings (SSSR count). The minimum absolute atomic E-state index is 0.397. The van der Waals surface area contributed by atoms with E-state index in [1.165, 1.54) is 38.6 Å². The molecule has 1 saturated heterocycles. The highest BCUT2D eigenvalue weighted by molar-refractivity contribution is 5.01. The Balaban J connectivity index is 1.89. The average molecular weight is 298 g/mol. The maximum absolute atomic E-state index is 5.72. The quantitative estimate of drug-likeness (QED) is 0.731. The zero-order valence-electron chi connectivity index (χ0n) is 14.2. The van der Waals surface area contributed by atoms with Crippen molar-refractivity contribution in [1.29, 1.82) is 0 Å². The lowest BCUT2D eigenvalue weighted by atomic mass is 9.77. The molecular formula is C17H34N2O2. The molecule has 21 heavy (non-hydrogen) atoms. The first-order chi connectivity index (χ1) is 10.2. The first-order valence-electron chi connectivity index (χ1n) is 8.73. The molecule has 0 aromatic carbocycles.